The predicted octanol–water partition coefficient (Wildman–Crippen LogP) is -0.0262. The molecular weight excluding hydrogens is 266 g/mol. The maximum absolute atomic E-state index is 11.6. The first-order valence-corrected chi connectivity index (χ1v) is 6.73. The fourth-order valence-electron chi connectivity index (χ4n) is 0.809. The second-order valence-corrected chi connectivity index (χ2v) is 5.90. The minimum Gasteiger partial charge on any atom is -0.446 e. The minimum atomic E-state index is -3.91. The number of thiocarbonyl (C=S) groups is 1. The van der Waals surface area contributed by atoms with Gasteiger partial charge in [-0.05, 0) is 13.8 Å². The Morgan fingerprint density at radius 3 is 2.47 bits per heavy atom. The molecule has 0 aliphatic heterocycles. The molecule has 0 bridgehead atoms. The molecule has 0 aromatic heterocycles. The third-order valence-corrected chi connectivity index (χ3v) is 3.27. The quantitative estimate of drug-likeness (QED) is 0.664. The van der Waals surface area contributed by atoms with Crippen molar-refractivity contribution in [3.63, 3.8) is 0 Å². The number of hydrogen-bond donors (Lipinski definition) is 2. The molecule has 1 amide bonds. The van der Waals surface area contributed by atoms with Crippen molar-refractivity contribution in [1.29, 1.82) is 0 Å². The van der Waals surface area contributed by atoms with Crippen LogP contribution in [0, 0.1) is 0 Å². The summed E-state index contributed by atoms with van der Waals surface area (Å²) in [6.07, 6.45) is -1.17. The summed E-state index contributed by atoms with van der Waals surface area (Å²) in [6.45, 7) is 3.32. The Morgan fingerprint density at radius 2 is 2.06 bits per heavy atom. The van der Waals surface area contributed by atoms with Crippen LogP contribution in [0.5, 0.6) is 0 Å². The number of nitrogens with two attached hydrogens (primary N) is 1. The van der Waals surface area contributed by atoms with Crippen molar-refractivity contribution in [2.75, 3.05) is 13.6 Å². The van der Waals surface area contributed by atoms with Crippen LogP contribution in [0.25, 0.3) is 0 Å². The Labute approximate surface area is 106 Å². The highest BCUT2D eigenvalue weighted by atomic mass is 32.2. The SMILES string of the molecule is CC(C)OC(=O)NS(=O)(=O)N(C)CCC(N)=S. The lowest BCUT2D eigenvalue weighted by Gasteiger charge is -2.17. The molecule has 3 N–H and O–H groups in total. The van der Waals surface area contributed by atoms with E-state index in [1.165, 1.54) is 7.05 Å². The lowest BCUT2D eigenvalue weighted by atomic mass is 10.4. The fourth-order valence-corrected chi connectivity index (χ4v) is 1.65. The van der Waals surface area contributed by atoms with Gasteiger partial charge in [0.25, 0.3) is 0 Å². The van der Waals surface area contributed by atoms with Gasteiger partial charge in [0.2, 0.25) is 0 Å². The Kier molecular flexibility index (Phi) is 6.35. The number of nitrogens with zero attached hydrogens (tertiary/aromatic N) is 1. The van der Waals surface area contributed by atoms with Crippen molar-refractivity contribution in [2.45, 2.75) is 26.4 Å². The number of carbonyl (C=O) groups excluding carboxylic acids is 1. The fraction of sp³-hybridized carbons (Fsp3) is 0.750. The second-order valence-electron chi connectivity index (χ2n) is 3.60. The number of ether oxygens (including phenoxy) is 1. The molecule has 7 nitrogen and oxygen atoms in total. The number of rotatable bonds is 6. The lowest BCUT2D eigenvalue weighted by Crippen LogP contribution is -2.43. The molecule has 0 aromatic rings. The summed E-state index contributed by atoms with van der Waals surface area (Å²) in [4.78, 5) is 11.3. The van der Waals surface area contributed by atoms with E-state index < -0.39 is 22.4 Å². The summed E-state index contributed by atoms with van der Waals surface area (Å²) >= 11 is 4.63. The maximum atomic E-state index is 11.6. The predicted molar refractivity (Wildman–Crippen MR) is 67.7 cm³/mol. The van der Waals surface area contributed by atoms with Crippen LogP contribution in [-0.2, 0) is 14.9 Å². The van der Waals surface area contributed by atoms with Crippen LogP contribution >= 0.6 is 12.2 Å². The molecule has 0 saturated carbocycles. The number of amides is 1. The molecule has 0 rings (SSSR count). The zero-order chi connectivity index (χ0) is 13.6. The number of carbonyl (C=O) groups is 1. The molecule has 0 radical (unpaired) electrons. The van der Waals surface area contributed by atoms with Gasteiger partial charge < -0.3 is 10.5 Å². The van der Waals surface area contributed by atoms with E-state index in [1.54, 1.807) is 18.6 Å². The van der Waals surface area contributed by atoms with Crippen molar-refractivity contribution >= 4 is 33.5 Å². The lowest BCUT2D eigenvalue weighted by molar-refractivity contribution is 0.121. The van der Waals surface area contributed by atoms with Crippen molar-refractivity contribution < 1.29 is 17.9 Å². The maximum Gasteiger partial charge on any atom is 0.422 e. The zero-order valence-electron chi connectivity index (χ0n) is 9.97. The topological polar surface area (TPSA) is 102 Å². The highest BCUT2D eigenvalue weighted by molar-refractivity contribution is 7.87. The first-order valence-electron chi connectivity index (χ1n) is 4.88. The van der Waals surface area contributed by atoms with Gasteiger partial charge in [0.1, 0.15) is 0 Å². The van der Waals surface area contributed by atoms with Crippen LogP contribution in [0.1, 0.15) is 20.3 Å². The molecule has 9 heteroatoms. The Morgan fingerprint density at radius 1 is 1.53 bits per heavy atom. The standard InChI is InChI=1S/C8H17N3O4S2/c1-6(2)15-8(12)10-17(13,14)11(3)5-4-7(9)16/h6H,4-5H2,1-3H3,(H2,9,16)(H,10,12). The third kappa shape index (κ3) is 7.08. The molecule has 0 aliphatic rings. The second kappa shape index (κ2) is 6.72. The van der Waals surface area contributed by atoms with Gasteiger partial charge in [-0.25, -0.2) is 9.52 Å². The van der Waals surface area contributed by atoms with Gasteiger partial charge in [-0.2, -0.15) is 12.7 Å². The molecular formula is C8H17N3O4S2. The van der Waals surface area contributed by atoms with E-state index in [2.05, 4.69) is 17.0 Å². The highest BCUT2D eigenvalue weighted by Gasteiger charge is 2.21. The van der Waals surface area contributed by atoms with Gasteiger partial charge >= 0.3 is 16.3 Å². The van der Waals surface area contributed by atoms with Gasteiger partial charge in [-0.15, -0.1) is 0 Å². The normalized spacial score (nSPS) is 11.6. The van der Waals surface area contributed by atoms with Gasteiger partial charge in [-0.1, -0.05) is 12.2 Å². The Hall–Kier alpha value is -0.930. The van der Waals surface area contributed by atoms with Gasteiger partial charge in [0, 0.05) is 20.0 Å². The summed E-state index contributed by atoms with van der Waals surface area (Å²) in [5.74, 6) is 0. The molecule has 0 saturated heterocycles. The monoisotopic (exact) mass is 283 g/mol. The van der Waals surface area contributed by atoms with Crippen LogP contribution in [0.3, 0.4) is 0 Å². The average Bonchev–Trinajstić information content (AvgIpc) is 2.11. The van der Waals surface area contributed by atoms with E-state index in [1.807, 2.05) is 0 Å². The van der Waals surface area contributed by atoms with E-state index in [0.717, 1.165) is 4.31 Å². The van der Waals surface area contributed by atoms with Crippen molar-refractivity contribution in [3.8, 4) is 0 Å². The summed E-state index contributed by atoms with van der Waals surface area (Å²) in [5.41, 5.74) is 5.25. The summed E-state index contributed by atoms with van der Waals surface area (Å²) in [7, 11) is -2.60. The molecule has 0 aromatic carbocycles. The smallest absolute Gasteiger partial charge is 0.422 e. The molecule has 0 unspecified atom stereocenters. The van der Waals surface area contributed by atoms with Gasteiger partial charge in [0.05, 0.1) is 11.1 Å². The van der Waals surface area contributed by atoms with Crippen LogP contribution in [-0.4, -0.2) is 43.5 Å². The van der Waals surface area contributed by atoms with Crippen molar-refractivity contribution in [1.82, 2.24) is 9.03 Å². The molecule has 17 heavy (non-hydrogen) atoms. The van der Waals surface area contributed by atoms with Crippen molar-refractivity contribution in [2.24, 2.45) is 5.73 Å². The van der Waals surface area contributed by atoms with Gasteiger partial charge in [0.15, 0.2) is 0 Å². The van der Waals surface area contributed by atoms with Crippen LogP contribution in [0.15, 0.2) is 0 Å². The average molecular weight is 283 g/mol. The van der Waals surface area contributed by atoms with Crippen molar-refractivity contribution in [3.05, 3.63) is 0 Å². The highest BCUT2D eigenvalue weighted by Crippen LogP contribution is 1.98. The number of nitrogens with one attached hydrogen (secondary N) is 1. The molecule has 0 aliphatic carbocycles. The Balaban J connectivity index is 4.36. The summed E-state index contributed by atoms with van der Waals surface area (Å²) in [5, 5.41) is 0. The van der Waals surface area contributed by atoms with E-state index in [-0.39, 0.29) is 18.0 Å². The molecule has 0 heterocycles. The summed E-state index contributed by atoms with van der Waals surface area (Å²) < 4.78 is 30.5. The third-order valence-electron chi connectivity index (χ3n) is 1.64. The minimum absolute atomic E-state index is 0.0969. The van der Waals surface area contributed by atoms with Crippen LogP contribution in [0.2, 0.25) is 0 Å². The first-order chi connectivity index (χ1) is 7.65. The Bertz CT molecular complexity index is 380. The van der Waals surface area contributed by atoms with Gasteiger partial charge in [-0.3, -0.25) is 0 Å². The first kappa shape index (κ1) is 16.1. The van der Waals surface area contributed by atoms with E-state index >= 15 is 0 Å². The summed E-state index contributed by atoms with van der Waals surface area (Å²) in [6, 6.07) is 0. The van der Waals surface area contributed by atoms with E-state index in [9.17, 15) is 13.2 Å². The number of hydrogen-bond acceptors (Lipinski definition) is 5. The molecule has 0 spiro atoms. The molecule has 100 valence electrons. The zero-order valence-corrected chi connectivity index (χ0v) is 11.6. The van der Waals surface area contributed by atoms with E-state index in [4.69, 9.17) is 5.73 Å². The molecule has 0 fully saturated rings. The largest absolute Gasteiger partial charge is 0.446 e. The van der Waals surface area contributed by atoms with Crippen LogP contribution < -0.4 is 10.5 Å². The van der Waals surface area contributed by atoms with Crippen LogP contribution in [0.4, 0.5) is 4.79 Å². The molecule has 0 atom stereocenters. The van der Waals surface area contributed by atoms with E-state index in [0.29, 0.717) is 0 Å².